The molecule has 1 aliphatic heterocycles. The van der Waals surface area contributed by atoms with E-state index in [4.69, 9.17) is 4.74 Å². The summed E-state index contributed by atoms with van der Waals surface area (Å²) in [5.41, 5.74) is 1.04. The average molecular weight is 484 g/mol. The highest BCUT2D eigenvalue weighted by Gasteiger charge is 2.42. The van der Waals surface area contributed by atoms with Crippen molar-refractivity contribution in [2.45, 2.75) is 104 Å². The van der Waals surface area contributed by atoms with Crippen molar-refractivity contribution in [2.75, 3.05) is 18.0 Å². The SMILES string of the molecule is Cc1cc2c(cc1C(=O)N(C(C)C)C1CCCCC1)N(CCNC(=O)CC1CC1)C(=O)C(C)(C)O2. The van der Waals surface area contributed by atoms with Crippen LogP contribution in [0.25, 0.3) is 0 Å². The lowest BCUT2D eigenvalue weighted by Gasteiger charge is -2.40. The Balaban J connectivity index is 1.59. The van der Waals surface area contributed by atoms with Crippen LogP contribution in [0.3, 0.4) is 0 Å². The van der Waals surface area contributed by atoms with Crippen LogP contribution in [-0.4, -0.2) is 53.4 Å². The fourth-order valence-corrected chi connectivity index (χ4v) is 5.45. The number of rotatable bonds is 8. The molecule has 0 aromatic heterocycles. The van der Waals surface area contributed by atoms with Crippen molar-refractivity contribution < 1.29 is 19.1 Å². The number of fused-ring (bicyclic) bond motifs is 1. The molecule has 1 N–H and O–H groups in total. The fourth-order valence-electron chi connectivity index (χ4n) is 5.45. The van der Waals surface area contributed by atoms with Gasteiger partial charge in [0, 0.05) is 37.2 Å². The summed E-state index contributed by atoms with van der Waals surface area (Å²) in [6.07, 6.45) is 8.43. The average Bonchev–Trinajstić information content (AvgIpc) is 3.60. The zero-order valence-corrected chi connectivity index (χ0v) is 22.0. The standard InChI is InChI=1S/C28H41N3O4/c1-18(2)31(21-9-7-6-8-10-21)26(33)22-17-23-24(15-19(22)3)35-28(4,5)27(34)30(23)14-13-29-25(32)16-20-11-12-20/h15,17-18,20-21H,6-14,16H2,1-5H3,(H,29,32). The number of ether oxygens (including phenoxy) is 1. The van der Waals surface area contributed by atoms with Crippen LogP contribution in [-0.2, 0) is 9.59 Å². The second kappa shape index (κ2) is 10.2. The van der Waals surface area contributed by atoms with E-state index in [-0.39, 0.29) is 29.8 Å². The predicted molar refractivity (Wildman–Crippen MR) is 137 cm³/mol. The van der Waals surface area contributed by atoms with E-state index in [1.54, 1.807) is 18.7 Å². The zero-order valence-electron chi connectivity index (χ0n) is 22.0. The Kier molecular flexibility index (Phi) is 7.43. The molecular formula is C28H41N3O4. The zero-order chi connectivity index (χ0) is 25.3. The van der Waals surface area contributed by atoms with E-state index < -0.39 is 5.60 Å². The van der Waals surface area contributed by atoms with Gasteiger partial charge in [0.05, 0.1) is 5.69 Å². The van der Waals surface area contributed by atoms with Gasteiger partial charge >= 0.3 is 0 Å². The lowest BCUT2D eigenvalue weighted by molar-refractivity contribution is -0.132. The second-order valence-corrected chi connectivity index (χ2v) is 11.3. The van der Waals surface area contributed by atoms with Gasteiger partial charge < -0.3 is 19.9 Å². The number of benzene rings is 1. The van der Waals surface area contributed by atoms with E-state index in [9.17, 15) is 14.4 Å². The molecule has 0 radical (unpaired) electrons. The smallest absolute Gasteiger partial charge is 0.270 e. The number of amides is 3. The number of aryl methyl sites for hydroxylation is 1. The van der Waals surface area contributed by atoms with E-state index in [0.717, 1.165) is 44.1 Å². The molecule has 0 atom stereocenters. The molecule has 4 rings (SSSR count). The highest BCUT2D eigenvalue weighted by Crippen LogP contribution is 2.40. The molecule has 1 aromatic rings. The van der Waals surface area contributed by atoms with Crippen LogP contribution in [0, 0.1) is 12.8 Å². The minimum atomic E-state index is -1.02. The van der Waals surface area contributed by atoms with E-state index in [2.05, 4.69) is 19.2 Å². The van der Waals surface area contributed by atoms with E-state index in [1.807, 2.05) is 24.0 Å². The molecule has 1 heterocycles. The molecule has 2 aliphatic carbocycles. The van der Waals surface area contributed by atoms with Gasteiger partial charge in [-0.05, 0) is 83.9 Å². The van der Waals surface area contributed by atoms with Crippen LogP contribution in [0.4, 0.5) is 5.69 Å². The Morgan fingerprint density at radius 2 is 1.83 bits per heavy atom. The Morgan fingerprint density at radius 3 is 2.46 bits per heavy atom. The first kappa shape index (κ1) is 25.5. The Labute approximate surface area is 209 Å². The molecule has 3 aliphatic rings. The van der Waals surface area contributed by atoms with Gasteiger partial charge in [0.15, 0.2) is 5.60 Å². The number of nitrogens with one attached hydrogen (secondary N) is 1. The Hall–Kier alpha value is -2.57. The van der Waals surface area contributed by atoms with Crippen molar-refractivity contribution in [3.05, 3.63) is 23.3 Å². The molecule has 0 unspecified atom stereocenters. The first-order valence-corrected chi connectivity index (χ1v) is 13.3. The van der Waals surface area contributed by atoms with Gasteiger partial charge in [-0.1, -0.05) is 19.3 Å². The van der Waals surface area contributed by atoms with Gasteiger partial charge in [0.25, 0.3) is 11.8 Å². The Bertz CT molecular complexity index is 977. The maximum absolute atomic E-state index is 13.8. The Morgan fingerprint density at radius 1 is 1.14 bits per heavy atom. The minimum Gasteiger partial charge on any atom is -0.476 e. The molecule has 3 amide bonds. The van der Waals surface area contributed by atoms with E-state index in [1.165, 1.54) is 6.42 Å². The number of hydrogen-bond acceptors (Lipinski definition) is 4. The van der Waals surface area contributed by atoms with Crippen molar-refractivity contribution in [1.82, 2.24) is 10.2 Å². The first-order chi connectivity index (χ1) is 16.6. The maximum atomic E-state index is 13.8. The number of carbonyl (C=O) groups excluding carboxylic acids is 3. The third kappa shape index (κ3) is 5.65. The van der Waals surface area contributed by atoms with Crippen molar-refractivity contribution in [3.63, 3.8) is 0 Å². The fraction of sp³-hybridized carbons (Fsp3) is 0.679. The molecule has 0 bridgehead atoms. The number of nitrogens with zero attached hydrogens (tertiary/aromatic N) is 2. The van der Waals surface area contributed by atoms with Gasteiger partial charge in [-0.25, -0.2) is 0 Å². The van der Waals surface area contributed by atoms with Crippen LogP contribution in [0.2, 0.25) is 0 Å². The lowest BCUT2D eigenvalue weighted by atomic mass is 9.92. The molecule has 2 saturated carbocycles. The minimum absolute atomic E-state index is 0.0159. The molecule has 0 spiro atoms. The monoisotopic (exact) mass is 483 g/mol. The normalized spacial score (nSPS) is 19.8. The summed E-state index contributed by atoms with van der Waals surface area (Å²) in [6, 6.07) is 4.05. The molecule has 2 fully saturated rings. The number of anilines is 1. The second-order valence-electron chi connectivity index (χ2n) is 11.3. The van der Waals surface area contributed by atoms with Crippen LogP contribution in [0.15, 0.2) is 12.1 Å². The van der Waals surface area contributed by atoms with Crippen LogP contribution in [0.5, 0.6) is 5.75 Å². The van der Waals surface area contributed by atoms with Gasteiger partial charge in [-0.2, -0.15) is 0 Å². The largest absolute Gasteiger partial charge is 0.476 e. The quantitative estimate of drug-likeness (QED) is 0.586. The summed E-state index contributed by atoms with van der Waals surface area (Å²) in [5.74, 6) is 0.998. The van der Waals surface area contributed by atoms with Crippen LogP contribution < -0.4 is 15.0 Å². The summed E-state index contributed by atoms with van der Waals surface area (Å²) in [7, 11) is 0. The highest BCUT2D eigenvalue weighted by atomic mass is 16.5. The van der Waals surface area contributed by atoms with Crippen molar-refractivity contribution in [2.24, 2.45) is 5.92 Å². The first-order valence-electron chi connectivity index (χ1n) is 13.3. The summed E-state index contributed by atoms with van der Waals surface area (Å²) in [6.45, 7) is 10.3. The van der Waals surface area contributed by atoms with Crippen molar-refractivity contribution >= 4 is 23.4 Å². The highest BCUT2D eigenvalue weighted by molar-refractivity contribution is 6.05. The van der Waals surface area contributed by atoms with Gasteiger partial charge in [0.2, 0.25) is 5.91 Å². The predicted octanol–water partition coefficient (Wildman–Crippen LogP) is 4.60. The third-order valence-corrected chi connectivity index (χ3v) is 7.54. The molecular weight excluding hydrogens is 442 g/mol. The van der Waals surface area contributed by atoms with E-state index >= 15 is 0 Å². The summed E-state index contributed by atoms with van der Waals surface area (Å²) < 4.78 is 6.09. The van der Waals surface area contributed by atoms with Gasteiger partial charge in [-0.3, -0.25) is 14.4 Å². The summed E-state index contributed by atoms with van der Waals surface area (Å²) in [5, 5.41) is 2.96. The van der Waals surface area contributed by atoms with Gasteiger partial charge in [-0.15, -0.1) is 0 Å². The molecule has 7 nitrogen and oxygen atoms in total. The van der Waals surface area contributed by atoms with Crippen molar-refractivity contribution in [3.8, 4) is 5.75 Å². The third-order valence-electron chi connectivity index (χ3n) is 7.54. The topological polar surface area (TPSA) is 79.0 Å². The van der Waals surface area contributed by atoms with E-state index in [0.29, 0.717) is 42.4 Å². The summed E-state index contributed by atoms with van der Waals surface area (Å²) >= 11 is 0. The van der Waals surface area contributed by atoms with Gasteiger partial charge in [0.1, 0.15) is 5.75 Å². The number of hydrogen-bond donors (Lipinski definition) is 1. The molecule has 0 saturated heterocycles. The van der Waals surface area contributed by atoms with Crippen LogP contribution >= 0.6 is 0 Å². The summed E-state index contributed by atoms with van der Waals surface area (Å²) in [4.78, 5) is 43.1. The molecule has 192 valence electrons. The molecule has 1 aromatic carbocycles. The number of carbonyl (C=O) groups is 3. The molecule has 35 heavy (non-hydrogen) atoms. The lowest BCUT2D eigenvalue weighted by Crippen LogP contribution is -2.54. The van der Waals surface area contributed by atoms with Crippen molar-refractivity contribution in [1.29, 1.82) is 0 Å². The molecule has 7 heteroatoms. The maximum Gasteiger partial charge on any atom is 0.270 e. The van der Waals surface area contributed by atoms with Crippen LogP contribution in [0.1, 0.15) is 95.0 Å².